The van der Waals surface area contributed by atoms with E-state index in [1.807, 2.05) is 6.92 Å². The molecule has 0 heterocycles. The lowest BCUT2D eigenvalue weighted by atomic mass is 10.2. The molecule has 0 bridgehead atoms. The summed E-state index contributed by atoms with van der Waals surface area (Å²) in [4.78, 5) is 10.5. The molecule has 1 N–H and O–H groups in total. The Balaban J connectivity index is 0.000000558. The molecular formula is C23H26BrF2NO6S2. The molecule has 2 rings (SSSR count). The van der Waals surface area contributed by atoms with Gasteiger partial charge in [-0.25, -0.2) is 25.6 Å². The number of nitrogens with zero attached hydrogens (tertiary/aromatic N) is 1. The second kappa shape index (κ2) is 14.2. The van der Waals surface area contributed by atoms with Crippen molar-refractivity contribution < 1.29 is 35.5 Å². The third-order valence-electron chi connectivity index (χ3n) is 3.68. The molecule has 192 valence electrons. The maximum atomic E-state index is 12.6. The average molecular weight is 594 g/mol. The second-order valence-corrected chi connectivity index (χ2v) is 12.1. The van der Waals surface area contributed by atoms with E-state index in [2.05, 4.69) is 22.5 Å². The van der Waals surface area contributed by atoms with Crippen LogP contribution in [0.3, 0.4) is 0 Å². The van der Waals surface area contributed by atoms with Crippen LogP contribution in [0.4, 0.5) is 8.78 Å². The number of carbonyl (C=O) groups is 1. The predicted octanol–water partition coefficient (Wildman–Crippen LogP) is 4.02. The smallest absolute Gasteiger partial charge is 0.185 e. The molecule has 2 aromatic rings. The third kappa shape index (κ3) is 13.3. The summed E-state index contributed by atoms with van der Waals surface area (Å²) in [6.07, 6.45) is 0. The number of allylic oxidation sites excluding steroid dienone is 1. The van der Waals surface area contributed by atoms with E-state index in [0.717, 1.165) is 60.8 Å². The molecule has 1 atom stereocenters. The normalized spacial score (nSPS) is 12.5. The Morgan fingerprint density at radius 2 is 1.31 bits per heavy atom. The maximum Gasteiger partial charge on any atom is 0.185 e. The lowest BCUT2D eigenvalue weighted by Crippen LogP contribution is -2.32. The molecule has 0 aliphatic rings. The largest absolute Gasteiger partial charge is 0.375 e. The summed E-state index contributed by atoms with van der Waals surface area (Å²) in [5.41, 5.74) is -0.780. The zero-order chi connectivity index (χ0) is 27.4. The van der Waals surface area contributed by atoms with E-state index in [1.54, 1.807) is 0 Å². The second-order valence-electron chi connectivity index (χ2n) is 7.60. The summed E-state index contributed by atoms with van der Waals surface area (Å²) < 4.78 is 71.2. The number of rotatable bonds is 7. The van der Waals surface area contributed by atoms with Crippen LogP contribution in [-0.2, 0) is 24.5 Å². The van der Waals surface area contributed by atoms with Crippen molar-refractivity contribution in [3.05, 3.63) is 72.3 Å². The first-order chi connectivity index (χ1) is 16.0. The Morgan fingerprint density at radius 1 is 0.971 bits per heavy atom. The molecule has 12 heteroatoms. The van der Waals surface area contributed by atoms with Gasteiger partial charge in [0.15, 0.2) is 25.3 Å². The van der Waals surface area contributed by atoms with E-state index >= 15 is 0 Å². The van der Waals surface area contributed by atoms with E-state index in [0.29, 0.717) is 0 Å². The number of carbonyl (C=O) groups excluding carboxylic acids is 1. The maximum absolute atomic E-state index is 12.6. The fourth-order valence-corrected chi connectivity index (χ4v) is 4.90. The Hall–Kier alpha value is -2.46. The SMILES string of the molecule is C=C(C)CBr.CC(=O)CS(=O)(=O)c1ccc(F)cc1.CC(O)(C#N)CS(=O)(=O)c1ccc(F)cc1. The standard InChI is InChI=1S/C10H10FNO3S.C9H9FO3S.C4H7Br/c1-10(13,6-12)7-16(14,15)9-4-2-8(11)3-5-9;1-7(11)6-14(12,13)9-4-2-8(10)3-5-9;1-4(2)3-5/h2-5,13H,7H2,1H3;2-5H,6H2,1H3;1,3H2,2H3. The number of ketones is 1. The first-order valence-electron chi connectivity index (χ1n) is 9.76. The molecule has 0 radical (unpaired) electrons. The van der Waals surface area contributed by atoms with Crippen molar-refractivity contribution in [2.75, 3.05) is 16.8 Å². The van der Waals surface area contributed by atoms with Crippen molar-refractivity contribution in [3.63, 3.8) is 0 Å². The molecule has 1 unspecified atom stereocenters. The highest BCUT2D eigenvalue weighted by atomic mass is 79.9. The lowest BCUT2D eigenvalue weighted by Gasteiger charge is -2.13. The minimum absolute atomic E-state index is 0.0332. The summed E-state index contributed by atoms with van der Waals surface area (Å²) in [6, 6.07) is 10.1. The van der Waals surface area contributed by atoms with E-state index in [-0.39, 0.29) is 9.79 Å². The van der Waals surface area contributed by atoms with Gasteiger partial charge in [-0.05, 0) is 69.3 Å². The number of hydrogen-bond donors (Lipinski definition) is 1. The Morgan fingerprint density at radius 3 is 1.60 bits per heavy atom. The van der Waals surface area contributed by atoms with Gasteiger partial charge in [0, 0.05) is 5.33 Å². The van der Waals surface area contributed by atoms with Gasteiger partial charge in [-0.15, -0.1) is 0 Å². The van der Waals surface area contributed by atoms with Gasteiger partial charge in [0.05, 0.1) is 21.6 Å². The summed E-state index contributed by atoms with van der Waals surface area (Å²) in [5.74, 6) is -2.76. The van der Waals surface area contributed by atoms with Crippen LogP contribution in [0.2, 0.25) is 0 Å². The third-order valence-corrected chi connectivity index (χ3v) is 8.35. The number of halogens is 3. The summed E-state index contributed by atoms with van der Waals surface area (Å²) >= 11 is 3.21. The van der Waals surface area contributed by atoms with Crippen LogP contribution < -0.4 is 0 Å². The van der Waals surface area contributed by atoms with Crippen LogP contribution in [0.1, 0.15) is 20.8 Å². The Bertz CT molecular complexity index is 1250. The van der Waals surface area contributed by atoms with Crippen LogP contribution >= 0.6 is 15.9 Å². The van der Waals surface area contributed by atoms with Crippen LogP contribution in [0.15, 0.2) is 70.5 Å². The quantitative estimate of drug-likeness (QED) is 0.222. The van der Waals surface area contributed by atoms with E-state index < -0.39 is 54.2 Å². The van der Waals surface area contributed by atoms with Gasteiger partial charge in [0.1, 0.15) is 23.2 Å². The van der Waals surface area contributed by atoms with Gasteiger partial charge in [0.2, 0.25) is 0 Å². The van der Waals surface area contributed by atoms with Gasteiger partial charge in [-0.3, -0.25) is 4.79 Å². The summed E-state index contributed by atoms with van der Waals surface area (Å²) in [6.45, 7) is 7.91. The van der Waals surface area contributed by atoms with Crippen molar-refractivity contribution in [2.45, 2.75) is 36.2 Å². The van der Waals surface area contributed by atoms with Crippen LogP contribution in [0, 0.1) is 23.0 Å². The van der Waals surface area contributed by atoms with Gasteiger partial charge in [0.25, 0.3) is 0 Å². The lowest BCUT2D eigenvalue weighted by molar-refractivity contribution is -0.114. The van der Waals surface area contributed by atoms with Crippen molar-refractivity contribution in [3.8, 4) is 6.07 Å². The number of alkyl halides is 1. The number of aliphatic hydroxyl groups is 1. The molecule has 0 aliphatic heterocycles. The minimum atomic E-state index is -3.79. The molecule has 0 aliphatic carbocycles. The molecule has 0 fully saturated rings. The van der Waals surface area contributed by atoms with Gasteiger partial charge >= 0.3 is 0 Å². The highest BCUT2D eigenvalue weighted by molar-refractivity contribution is 9.09. The van der Waals surface area contributed by atoms with Gasteiger partial charge in [-0.1, -0.05) is 28.1 Å². The Labute approximate surface area is 213 Å². The van der Waals surface area contributed by atoms with Crippen LogP contribution in [-0.4, -0.2) is 50.2 Å². The molecule has 7 nitrogen and oxygen atoms in total. The van der Waals surface area contributed by atoms with Crippen molar-refractivity contribution >= 4 is 41.4 Å². The monoisotopic (exact) mass is 593 g/mol. The van der Waals surface area contributed by atoms with Crippen molar-refractivity contribution in [2.24, 2.45) is 0 Å². The number of sulfone groups is 2. The molecular weight excluding hydrogens is 568 g/mol. The van der Waals surface area contributed by atoms with Gasteiger partial charge < -0.3 is 5.11 Å². The predicted molar refractivity (Wildman–Crippen MR) is 132 cm³/mol. The zero-order valence-corrected chi connectivity index (χ0v) is 22.6. The topological polar surface area (TPSA) is 129 Å². The first kappa shape index (κ1) is 32.5. The van der Waals surface area contributed by atoms with E-state index in [9.17, 15) is 35.5 Å². The fraction of sp³-hybridized carbons (Fsp3) is 0.304. The number of hydrogen-bond acceptors (Lipinski definition) is 7. The molecule has 0 saturated carbocycles. The molecule has 0 aromatic heterocycles. The molecule has 0 saturated heterocycles. The fourth-order valence-electron chi connectivity index (χ4n) is 2.12. The number of Topliss-reactive ketones (excluding diaryl/α,β-unsaturated/α-hetero) is 1. The van der Waals surface area contributed by atoms with Crippen molar-refractivity contribution in [1.29, 1.82) is 5.26 Å². The van der Waals surface area contributed by atoms with Crippen molar-refractivity contribution in [1.82, 2.24) is 0 Å². The van der Waals surface area contributed by atoms with Gasteiger partial charge in [-0.2, -0.15) is 5.26 Å². The minimum Gasteiger partial charge on any atom is -0.375 e. The average Bonchev–Trinajstić information content (AvgIpc) is 2.73. The zero-order valence-electron chi connectivity index (χ0n) is 19.3. The number of benzene rings is 2. The molecule has 2 aromatic carbocycles. The molecule has 0 spiro atoms. The summed E-state index contributed by atoms with van der Waals surface area (Å²) in [7, 11) is -7.38. The molecule has 0 amide bonds. The van der Waals surface area contributed by atoms with E-state index in [1.165, 1.54) is 18.6 Å². The molecule has 35 heavy (non-hydrogen) atoms. The summed E-state index contributed by atoms with van der Waals surface area (Å²) in [5, 5.41) is 18.8. The first-order valence-corrected chi connectivity index (χ1v) is 14.2. The highest BCUT2D eigenvalue weighted by Gasteiger charge is 2.29. The number of nitriles is 1. The highest BCUT2D eigenvalue weighted by Crippen LogP contribution is 2.16. The van der Waals surface area contributed by atoms with Crippen LogP contribution in [0.25, 0.3) is 0 Å². The Kier molecular flexibility index (Phi) is 13.2. The van der Waals surface area contributed by atoms with Crippen LogP contribution in [0.5, 0.6) is 0 Å². The van der Waals surface area contributed by atoms with E-state index in [4.69, 9.17) is 5.26 Å².